The van der Waals surface area contributed by atoms with E-state index < -0.39 is 0 Å². The van der Waals surface area contributed by atoms with Crippen LogP contribution in [-0.4, -0.2) is 21.2 Å². The summed E-state index contributed by atoms with van der Waals surface area (Å²) < 4.78 is 1.73. The van der Waals surface area contributed by atoms with Crippen molar-refractivity contribution in [1.82, 2.24) is 9.55 Å². The Morgan fingerprint density at radius 3 is 2.60 bits per heavy atom. The summed E-state index contributed by atoms with van der Waals surface area (Å²) in [4.78, 5) is 32.9. The Bertz CT molecular complexity index is 1670. The molecule has 0 aliphatic heterocycles. The van der Waals surface area contributed by atoms with Crippen LogP contribution in [0.2, 0.25) is 5.02 Å². The number of halogens is 1. The van der Waals surface area contributed by atoms with E-state index in [-0.39, 0.29) is 22.6 Å². The number of amides is 1. The zero-order valence-corrected chi connectivity index (χ0v) is 24.4. The fourth-order valence-electron chi connectivity index (χ4n) is 6.34. The summed E-state index contributed by atoms with van der Waals surface area (Å²) in [7, 11) is 0. The van der Waals surface area contributed by atoms with Crippen LogP contribution < -0.4 is 10.9 Å². The van der Waals surface area contributed by atoms with E-state index >= 15 is 0 Å². The quantitative estimate of drug-likeness (QED) is 0.198. The van der Waals surface area contributed by atoms with Gasteiger partial charge in [-0.2, -0.15) is 0 Å². The van der Waals surface area contributed by atoms with Gasteiger partial charge in [-0.25, -0.2) is 4.98 Å². The second-order valence-corrected chi connectivity index (χ2v) is 12.4. The zero-order valence-electron chi connectivity index (χ0n) is 22.8. The molecule has 7 heteroatoms. The molecule has 204 valence electrons. The number of benzene rings is 3. The number of nitrogens with zero attached hydrogens (tertiary/aromatic N) is 2. The number of anilines is 1. The fourth-order valence-corrected chi connectivity index (χ4v) is 7.32. The molecule has 5 nitrogen and oxygen atoms in total. The van der Waals surface area contributed by atoms with Gasteiger partial charge in [-0.1, -0.05) is 85.1 Å². The van der Waals surface area contributed by atoms with Crippen LogP contribution in [0.4, 0.5) is 5.69 Å². The Morgan fingerprint density at radius 2 is 1.80 bits per heavy atom. The molecule has 3 aromatic carbocycles. The number of aromatic nitrogens is 2. The Morgan fingerprint density at radius 1 is 1.02 bits per heavy atom. The Balaban J connectivity index is 1.47. The molecule has 1 saturated carbocycles. The maximum atomic E-state index is 14.6. The number of carbonyl (C=O) groups is 1. The summed E-state index contributed by atoms with van der Waals surface area (Å²) in [6.45, 7) is 3.90. The molecule has 1 heterocycles. The third-order valence-electron chi connectivity index (χ3n) is 8.33. The lowest BCUT2D eigenvalue weighted by molar-refractivity contribution is -0.113. The number of hydrogen-bond acceptors (Lipinski definition) is 4. The number of thioether (sulfide) groups is 1. The molecular weight excluding hydrogens is 538 g/mol. The molecule has 4 aromatic rings. The Kier molecular flexibility index (Phi) is 7.32. The van der Waals surface area contributed by atoms with Gasteiger partial charge in [0.15, 0.2) is 5.16 Å². The van der Waals surface area contributed by atoms with Crippen molar-refractivity contribution < 1.29 is 4.79 Å². The Hall–Kier alpha value is -3.35. The van der Waals surface area contributed by atoms with Crippen molar-refractivity contribution in [1.29, 1.82) is 0 Å². The average molecular weight is 570 g/mol. The first-order valence-corrected chi connectivity index (χ1v) is 15.2. The largest absolute Gasteiger partial charge is 0.325 e. The Labute approximate surface area is 244 Å². The molecule has 0 radical (unpaired) electrons. The van der Waals surface area contributed by atoms with Crippen LogP contribution in [0.1, 0.15) is 54.4 Å². The summed E-state index contributed by atoms with van der Waals surface area (Å²) in [6.07, 6.45) is 6.29. The van der Waals surface area contributed by atoms with Gasteiger partial charge in [0.25, 0.3) is 5.56 Å². The first-order valence-electron chi connectivity index (χ1n) is 13.9. The lowest BCUT2D eigenvalue weighted by atomic mass is 9.62. The van der Waals surface area contributed by atoms with Crippen LogP contribution in [0.15, 0.2) is 76.7 Å². The van der Waals surface area contributed by atoms with E-state index in [4.69, 9.17) is 16.6 Å². The molecule has 2 aliphatic rings. The first-order chi connectivity index (χ1) is 19.4. The van der Waals surface area contributed by atoms with E-state index in [2.05, 4.69) is 23.5 Å². The minimum atomic E-state index is -0.206. The van der Waals surface area contributed by atoms with Crippen molar-refractivity contribution in [2.75, 3.05) is 11.1 Å². The van der Waals surface area contributed by atoms with E-state index in [1.165, 1.54) is 23.7 Å². The minimum Gasteiger partial charge on any atom is -0.325 e. The molecule has 6 rings (SSSR count). The number of hydrogen-bond donors (Lipinski definition) is 1. The number of nitrogens with one attached hydrogen (secondary N) is 1. The summed E-state index contributed by atoms with van der Waals surface area (Å²) in [6, 6.07) is 21.8. The van der Waals surface area contributed by atoms with E-state index in [0.717, 1.165) is 65.7 Å². The SMILES string of the molecule is Cc1cccc(-n2c(SCC(=O)Nc3cccc(Cl)c3C)nc3c(c2=O)C2(CCCCC2)Cc2ccccc2-3)c1. The van der Waals surface area contributed by atoms with Gasteiger partial charge >= 0.3 is 0 Å². The summed E-state index contributed by atoms with van der Waals surface area (Å²) in [5.74, 6) is -0.0715. The van der Waals surface area contributed by atoms with Gasteiger partial charge in [-0.05, 0) is 74.1 Å². The predicted octanol–water partition coefficient (Wildman–Crippen LogP) is 7.66. The topological polar surface area (TPSA) is 64.0 Å². The van der Waals surface area contributed by atoms with Crippen molar-refractivity contribution in [3.05, 3.63) is 104 Å². The summed E-state index contributed by atoms with van der Waals surface area (Å²) in [5.41, 5.74) is 7.03. The lowest BCUT2D eigenvalue weighted by Crippen LogP contribution is -2.43. The van der Waals surface area contributed by atoms with Gasteiger partial charge in [0.1, 0.15) is 0 Å². The van der Waals surface area contributed by atoms with Crippen LogP contribution in [0, 0.1) is 13.8 Å². The third-order valence-corrected chi connectivity index (χ3v) is 9.68. The second-order valence-electron chi connectivity index (χ2n) is 11.0. The van der Waals surface area contributed by atoms with Crippen LogP contribution >= 0.6 is 23.4 Å². The van der Waals surface area contributed by atoms with Gasteiger partial charge in [0.05, 0.1) is 22.7 Å². The van der Waals surface area contributed by atoms with E-state index in [1.54, 1.807) is 10.6 Å². The first kappa shape index (κ1) is 26.9. The van der Waals surface area contributed by atoms with Crippen LogP contribution in [0.5, 0.6) is 0 Å². The highest BCUT2D eigenvalue weighted by atomic mass is 35.5. The molecule has 1 N–H and O–H groups in total. The van der Waals surface area contributed by atoms with E-state index in [9.17, 15) is 9.59 Å². The number of aryl methyl sites for hydroxylation is 1. The molecule has 40 heavy (non-hydrogen) atoms. The van der Waals surface area contributed by atoms with Crippen molar-refractivity contribution in [2.45, 2.75) is 62.9 Å². The van der Waals surface area contributed by atoms with Crippen molar-refractivity contribution in [3.8, 4) is 16.9 Å². The number of carbonyl (C=O) groups excluding carboxylic acids is 1. The average Bonchev–Trinajstić information content (AvgIpc) is 2.94. The highest BCUT2D eigenvalue weighted by Gasteiger charge is 2.43. The zero-order chi connectivity index (χ0) is 27.9. The number of fused-ring (bicyclic) bond motifs is 4. The standard InChI is InChI=1S/C33H32ClN3O2S/c1-21-10-8-12-24(18-21)37-31(39)29-30(25-13-5-4-11-23(25)19-33(29)16-6-3-7-17-33)36-32(37)40-20-28(38)35-27-15-9-14-26(34)22(27)2/h4-5,8-15,18H,3,6-7,16-17,19-20H2,1-2H3,(H,35,38). The smallest absolute Gasteiger partial charge is 0.263 e. The molecule has 0 bridgehead atoms. The van der Waals surface area contributed by atoms with Crippen molar-refractivity contribution >= 4 is 35.0 Å². The van der Waals surface area contributed by atoms with Gasteiger partial charge in [-0.15, -0.1) is 0 Å². The molecule has 0 unspecified atom stereocenters. The summed E-state index contributed by atoms with van der Waals surface area (Å²) >= 11 is 7.54. The van der Waals surface area contributed by atoms with Gasteiger partial charge < -0.3 is 5.32 Å². The second kappa shape index (κ2) is 10.9. The van der Waals surface area contributed by atoms with E-state index in [1.807, 2.05) is 56.3 Å². The minimum absolute atomic E-state index is 0.0133. The maximum absolute atomic E-state index is 14.6. The monoisotopic (exact) mass is 569 g/mol. The highest BCUT2D eigenvalue weighted by molar-refractivity contribution is 7.99. The molecule has 2 aliphatic carbocycles. The molecule has 0 saturated heterocycles. The molecule has 1 amide bonds. The summed E-state index contributed by atoms with van der Waals surface area (Å²) in [5, 5.41) is 4.09. The van der Waals surface area contributed by atoms with Crippen molar-refractivity contribution in [2.24, 2.45) is 0 Å². The molecule has 1 fully saturated rings. The van der Waals surface area contributed by atoms with Gasteiger partial charge in [0, 0.05) is 21.7 Å². The third kappa shape index (κ3) is 4.88. The number of rotatable bonds is 5. The van der Waals surface area contributed by atoms with Crippen LogP contribution in [0.25, 0.3) is 16.9 Å². The van der Waals surface area contributed by atoms with Gasteiger partial charge in [0.2, 0.25) is 5.91 Å². The van der Waals surface area contributed by atoms with Gasteiger partial charge in [-0.3, -0.25) is 14.2 Å². The fraction of sp³-hybridized carbons (Fsp3) is 0.303. The van der Waals surface area contributed by atoms with Crippen LogP contribution in [0.3, 0.4) is 0 Å². The van der Waals surface area contributed by atoms with Crippen LogP contribution in [-0.2, 0) is 16.6 Å². The maximum Gasteiger partial charge on any atom is 0.263 e. The normalized spacial score (nSPS) is 15.4. The lowest BCUT2D eigenvalue weighted by Gasteiger charge is -2.42. The molecule has 0 atom stereocenters. The van der Waals surface area contributed by atoms with E-state index in [0.29, 0.717) is 15.9 Å². The molecule has 1 spiro atoms. The molecular formula is C33H32ClN3O2S. The predicted molar refractivity (Wildman–Crippen MR) is 164 cm³/mol. The molecule has 1 aromatic heterocycles. The highest BCUT2D eigenvalue weighted by Crippen LogP contribution is 2.49. The van der Waals surface area contributed by atoms with Crippen molar-refractivity contribution in [3.63, 3.8) is 0 Å².